The van der Waals surface area contributed by atoms with E-state index in [9.17, 15) is 31.5 Å². The molecule has 3 aromatic rings. The Morgan fingerprint density at radius 3 is 2.13 bits per heavy atom. The second-order valence-corrected chi connectivity index (χ2v) is 10.1. The predicted octanol–water partition coefficient (Wildman–Crippen LogP) is 5.16. The van der Waals surface area contributed by atoms with Gasteiger partial charge in [-0.25, -0.2) is 4.79 Å². The summed E-state index contributed by atoms with van der Waals surface area (Å²) >= 11 is 0. The number of amides is 2. The first kappa shape index (κ1) is 35.5. The predicted molar refractivity (Wildman–Crippen MR) is 154 cm³/mol. The highest BCUT2D eigenvalue weighted by Crippen LogP contribution is 2.37. The van der Waals surface area contributed by atoms with Gasteiger partial charge in [0.25, 0.3) is 0 Å². The van der Waals surface area contributed by atoms with Crippen LogP contribution in [0.25, 0.3) is 17.1 Å². The number of rotatable bonds is 11. The van der Waals surface area contributed by atoms with Crippen molar-refractivity contribution in [3.8, 4) is 22.8 Å². The van der Waals surface area contributed by atoms with Crippen molar-refractivity contribution in [1.82, 2.24) is 14.8 Å². The Labute approximate surface area is 265 Å². The van der Waals surface area contributed by atoms with E-state index in [1.54, 1.807) is 19.1 Å². The molecule has 1 aromatic heterocycles. The maximum absolute atomic E-state index is 13.3. The molecule has 2 N–H and O–H groups in total. The fraction of sp³-hybridized carbons (Fsp3) is 0.448. The Balaban J connectivity index is 1.48. The number of carbonyl (C=O) groups excluding carboxylic acids is 2. The lowest BCUT2D eigenvalue weighted by atomic mass is 9.99. The minimum Gasteiger partial charge on any atom is -0.426 e. The summed E-state index contributed by atoms with van der Waals surface area (Å²) in [5.41, 5.74) is 0.932. The summed E-state index contributed by atoms with van der Waals surface area (Å²) < 4.78 is 97.2. The summed E-state index contributed by atoms with van der Waals surface area (Å²) in [7, 11) is 2.96. The number of alkyl halides is 5. The van der Waals surface area contributed by atoms with Gasteiger partial charge >= 0.3 is 18.4 Å². The fourth-order valence-electron chi connectivity index (χ4n) is 4.69. The molecule has 1 saturated heterocycles. The molecule has 5 atom stereocenters. The van der Waals surface area contributed by atoms with Gasteiger partial charge in [-0.1, -0.05) is 0 Å². The number of halogens is 5. The lowest BCUT2D eigenvalue weighted by Gasteiger charge is -2.43. The van der Waals surface area contributed by atoms with Crippen LogP contribution in [-0.2, 0) is 28.5 Å². The number of benzene rings is 2. The van der Waals surface area contributed by atoms with Gasteiger partial charge in [0.1, 0.15) is 24.1 Å². The normalized spacial score (nSPS) is 21.6. The van der Waals surface area contributed by atoms with Gasteiger partial charge in [0.05, 0.1) is 11.8 Å². The van der Waals surface area contributed by atoms with Crippen molar-refractivity contribution in [2.75, 3.05) is 31.5 Å². The zero-order valence-corrected chi connectivity index (χ0v) is 25.7. The zero-order chi connectivity index (χ0) is 34.5. The first-order valence-corrected chi connectivity index (χ1v) is 14.1. The average molecular weight is 674 g/mol. The van der Waals surface area contributed by atoms with Crippen molar-refractivity contribution in [3.63, 3.8) is 0 Å². The molecule has 18 heteroatoms. The molecular formula is C29H32F5N5O8. The Kier molecular flexibility index (Phi) is 11.0. The largest absolute Gasteiger partial charge is 0.499 e. The molecule has 0 saturated carbocycles. The van der Waals surface area contributed by atoms with E-state index in [2.05, 4.69) is 25.5 Å². The van der Waals surface area contributed by atoms with Crippen LogP contribution in [0.4, 0.5) is 38.4 Å². The molecule has 2 heterocycles. The third-order valence-corrected chi connectivity index (χ3v) is 6.80. The molecule has 1 aliphatic heterocycles. The van der Waals surface area contributed by atoms with Gasteiger partial charge in [0, 0.05) is 39.0 Å². The second kappa shape index (κ2) is 14.6. The second-order valence-electron chi connectivity index (χ2n) is 10.1. The highest BCUT2D eigenvalue weighted by Gasteiger charge is 2.61. The van der Waals surface area contributed by atoms with E-state index in [1.165, 1.54) is 33.3 Å². The van der Waals surface area contributed by atoms with E-state index in [-0.39, 0.29) is 17.5 Å². The molecule has 2 aromatic carbocycles. The van der Waals surface area contributed by atoms with Crippen molar-refractivity contribution in [2.24, 2.45) is 0 Å². The molecule has 0 spiro atoms. The summed E-state index contributed by atoms with van der Waals surface area (Å²) in [4.78, 5) is 28.8. The standard InChI is InChI=1S/C29H32F5N5O8/c1-6-44-22-21(42-4)15(2)45-25(23(22)43-5)46-27(41)36-18-9-7-17(8-10-18)24-37-26(35-16(3)40)39(38-24)19-11-13-20(14-12-19)47-29(33,34)28(30,31)32/h7-15,21-23,25H,6H2,1-5H3,(H,36,41)(H,35,37,38,40)/t15-,21-,22+,23+,25-/m0/s1. The monoisotopic (exact) mass is 673 g/mol. The molecule has 0 radical (unpaired) electrons. The minimum absolute atomic E-state index is 0.0666. The lowest BCUT2D eigenvalue weighted by Crippen LogP contribution is -2.60. The first-order valence-electron chi connectivity index (χ1n) is 14.1. The molecule has 0 unspecified atom stereocenters. The van der Waals surface area contributed by atoms with E-state index >= 15 is 0 Å². The Hall–Kier alpha value is -4.39. The molecule has 1 aliphatic rings. The quantitative estimate of drug-likeness (QED) is 0.262. The third-order valence-electron chi connectivity index (χ3n) is 6.80. The zero-order valence-electron chi connectivity index (χ0n) is 25.7. The van der Waals surface area contributed by atoms with Gasteiger partial charge in [-0.3, -0.25) is 15.4 Å². The van der Waals surface area contributed by atoms with Crippen LogP contribution >= 0.6 is 0 Å². The highest BCUT2D eigenvalue weighted by atomic mass is 19.4. The van der Waals surface area contributed by atoms with Gasteiger partial charge < -0.3 is 28.4 Å². The van der Waals surface area contributed by atoms with Crippen LogP contribution in [0, 0.1) is 0 Å². The van der Waals surface area contributed by atoms with E-state index in [1.807, 2.05) is 6.92 Å². The number of aromatic nitrogens is 3. The van der Waals surface area contributed by atoms with Crippen LogP contribution in [0.2, 0.25) is 0 Å². The maximum Gasteiger partial charge on any atom is 0.499 e. The van der Waals surface area contributed by atoms with Crippen LogP contribution in [0.3, 0.4) is 0 Å². The van der Waals surface area contributed by atoms with Crippen LogP contribution < -0.4 is 15.4 Å². The number of hydrogen-bond acceptors (Lipinski definition) is 10. The molecule has 256 valence electrons. The summed E-state index contributed by atoms with van der Waals surface area (Å²) in [6.07, 6.45) is -15.5. The summed E-state index contributed by atoms with van der Waals surface area (Å²) in [5.74, 6) is -1.22. The number of carbonyl (C=O) groups is 2. The van der Waals surface area contributed by atoms with E-state index in [0.717, 1.165) is 28.9 Å². The SMILES string of the molecule is CCO[C@@H]1[C@@H](OC)[C@H](C)O[C@@H](OC(=O)Nc2ccc(-c3nc(NC(C)=O)n(-c4ccc(OC(F)(F)C(F)(F)F)cc4)n3)cc2)[C@@H]1OC. The lowest BCUT2D eigenvalue weighted by molar-refractivity contribution is -0.360. The summed E-state index contributed by atoms with van der Waals surface area (Å²) in [6.45, 7) is 5.16. The number of nitrogens with one attached hydrogen (secondary N) is 2. The number of anilines is 2. The van der Waals surface area contributed by atoms with E-state index in [0.29, 0.717) is 17.9 Å². The van der Waals surface area contributed by atoms with Crippen molar-refractivity contribution < 1.29 is 60.0 Å². The van der Waals surface area contributed by atoms with Crippen LogP contribution in [0.15, 0.2) is 48.5 Å². The van der Waals surface area contributed by atoms with Crippen LogP contribution in [0.5, 0.6) is 5.75 Å². The van der Waals surface area contributed by atoms with Gasteiger partial charge in [-0.05, 0) is 62.4 Å². The van der Waals surface area contributed by atoms with Gasteiger partial charge in [-0.2, -0.15) is 31.6 Å². The summed E-state index contributed by atoms with van der Waals surface area (Å²) in [5, 5.41) is 9.40. The summed E-state index contributed by atoms with van der Waals surface area (Å²) in [6, 6.07) is 10.3. The molecule has 0 bridgehead atoms. The van der Waals surface area contributed by atoms with E-state index < -0.39 is 60.7 Å². The number of nitrogens with zero attached hydrogens (tertiary/aromatic N) is 3. The molecule has 2 amide bonds. The van der Waals surface area contributed by atoms with E-state index in [4.69, 9.17) is 23.7 Å². The van der Waals surface area contributed by atoms with Crippen LogP contribution in [-0.4, -0.2) is 90.6 Å². The number of hydrogen-bond donors (Lipinski definition) is 2. The third kappa shape index (κ3) is 8.31. The van der Waals surface area contributed by atoms with Crippen molar-refractivity contribution in [2.45, 2.75) is 63.8 Å². The molecule has 47 heavy (non-hydrogen) atoms. The van der Waals surface area contributed by atoms with Crippen LogP contribution in [0.1, 0.15) is 20.8 Å². The Morgan fingerprint density at radius 1 is 0.936 bits per heavy atom. The van der Waals surface area contributed by atoms with Crippen molar-refractivity contribution >= 4 is 23.6 Å². The van der Waals surface area contributed by atoms with Crippen molar-refractivity contribution in [3.05, 3.63) is 48.5 Å². The number of methoxy groups -OCH3 is 2. The van der Waals surface area contributed by atoms with Gasteiger partial charge in [-0.15, -0.1) is 5.10 Å². The average Bonchev–Trinajstić information content (AvgIpc) is 3.40. The molecule has 1 fully saturated rings. The van der Waals surface area contributed by atoms with Gasteiger partial charge in [0.2, 0.25) is 18.1 Å². The molecule has 0 aliphatic carbocycles. The minimum atomic E-state index is -5.91. The van der Waals surface area contributed by atoms with Crippen molar-refractivity contribution in [1.29, 1.82) is 0 Å². The maximum atomic E-state index is 13.3. The fourth-order valence-corrected chi connectivity index (χ4v) is 4.69. The highest BCUT2D eigenvalue weighted by molar-refractivity contribution is 5.87. The number of ether oxygens (including phenoxy) is 6. The molecule has 13 nitrogen and oxygen atoms in total. The Morgan fingerprint density at radius 2 is 1.57 bits per heavy atom. The topological polar surface area (TPSA) is 144 Å². The molecular weight excluding hydrogens is 641 g/mol. The smallest absolute Gasteiger partial charge is 0.426 e. The molecule has 4 rings (SSSR count). The first-order chi connectivity index (χ1) is 22.2. The Bertz CT molecular complexity index is 1520. The van der Waals surface area contributed by atoms with Gasteiger partial charge in [0.15, 0.2) is 5.82 Å².